The van der Waals surface area contributed by atoms with Crippen molar-refractivity contribution in [2.45, 2.75) is 6.54 Å². The summed E-state index contributed by atoms with van der Waals surface area (Å²) in [5.74, 6) is 0.891. The summed E-state index contributed by atoms with van der Waals surface area (Å²) in [5.41, 5.74) is 1.91. The van der Waals surface area contributed by atoms with E-state index in [1.807, 2.05) is 22.9 Å². The summed E-state index contributed by atoms with van der Waals surface area (Å²) in [6, 6.07) is 8.80. The molecule has 1 aromatic carbocycles. The predicted molar refractivity (Wildman–Crippen MR) is 80.1 cm³/mol. The number of nitrogens with zero attached hydrogens (tertiary/aromatic N) is 3. The molecule has 0 bridgehead atoms. The number of hydrogen-bond donors (Lipinski definition) is 1. The van der Waals surface area contributed by atoms with Crippen LogP contribution in [0, 0.1) is 0 Å². The fraction of sp³-hybridized carbons (Fsp3) is 0.143. The number of fused-ring (bicyclic) bond motifs is 1. The molecule has 0 spiro atoms. The molecule has 0 saturated heterocycles. The fourth-order valence-electron chi connectivity index (χ4n) is 2.19. The van der Waals surface area contributed by atoms with Crippen LogP contribution < -0.4 is 9.26 Å². The van der Waals surface area contributed by atoms with Crippen LogP contribution in [-0.2, 0) is 11.1 Å². The predicted octanol–water partition coefficient (Wildman–Crippen LogP) is 2.52. The van der Waals surface area contributed by atoms with Crippen LogP contribution in [0.2, 0.25) is 0 Å². The molecule has 0 fully saturated rings. The van der Waals surface area contributed by atoms with Gasteiger partial charge in [0.15, 0.2) is 5.75 Å². The van der Waals surface area contributed by atoms with Crippen molar-refractivity contribution >= 4 is 19.2 Å². The van der Waals surface area contributed by atoms with Gasteiger partial charge in [0.05, 0.1) is 30.8 Å². The largest absolute Gasteiger partial charge is 0.747 e. The number of benzene rings is 1. The molecule has 2 aromatic heterocycles. The van der Waals surface area contributed by atoms with E-state index in [0.717, 1.165) is 16.5 Å². The lowest BCUT2D eigenvalue weighted by Gasteiger charge is -2.05. The van der Waals surface area contributed by atoms with Crippen LogP contribution in [-0.4, -0.2) is 26.8 Å². The van der Waals surface area contributed by atoms with Gasteiger partial charge in [-0.2, -0.15) is 5.10 Å². The van der Waals surface area contributed by atoms with Gasteiger partial charge < -0.3 is 4.74 Å². The topological polar surface area (TPSA) is 86.5 Å². The lowest BCUT2D eigenvalue weighted by Crippen LogP contribution is -2.01. The zero-order chi connectivity index (χ0) is 15.5. The first-order chi connectivity index (χ1) is 10.7. The molecule has 22 heavy (non-hydrogen) atoms. The van der Waals surface area contributed by atoms with Crippen LogP contribution in [0.1, 0.15) is 5.56 Å². The maximum atomic E-state index is 10.6. The summed E-state index contributed by atoms with van der Waals surface area (Å²) in [5, 5.41) is 5.20. The van der Waals surface area contributed by atoms with Crippen molar-refractivity contribution < 1.29 is 18.7 Å². The minimum Gasteiger partial charge on any atom is -0.480 e. The highest BCUT2D eigenvalue weighted by molar-refractivity contribution is 7.32. The van der Waals surface area contributed by atoms with Crippen molar-refractivity contribution in [3.05, 3.63) is 48.3 Å². The van der Waals surface area contributed by atoms with E-state index in [0.29, 0.717) is 18.2 Å². The average Bonchev–Trinajstić information content (AvgIpc) is 2.92. The Hall–Kier alpha value is -2.50. The van der Waals surface area contributed by atoms with Crippen molar-refractivity contribution in [3.63, 3.8) is 0 Å². The van der Waals surface area contributed by atoms with Crippen molar-refractivity contribution in [1.82, 2.24) is 14.8 Å². The Kier molecular flexibility index (Phi) is 4.00. The molecule has 0 saturated carbocycles. The van der Waals surface area contributed by atoms with Gasteiger partial charge in [0.25, 0.3) is 0 Å². The number of methoxy groups -OCH3 is 1. The molecule has 3 rings (SSSR count). The lowest BCUT2D eigenvalue weighted by atomic mass is 10.2. The third-order valence-electron chi connectivity index (χ3n) is 3.17. The Bertz CT molecular complexity index is 817. The highest BCUT2D eigenvalue weighted by atomic mass is 31.1. The van der Waals surface area contributed by atoms with Crippen LogP contribution in [0.4, 0.5) is 0 Å². The Morgan fingerprint density at radius 2 is 2.05 bits per heavy atom. The lowest BCUT2D eigenvalue weighted by molar-refractivity contribution is 0.403. The summed E-state index contributed by atoms with van der Waals surface area (Å²) in [6.07, 6.45) is 3.39. The van der Waals surface area contributed by atoms with E-state index < -0.39 is 8.25 Å². The number of aromatic nitrogens is 3. The van der Waals surface area contributed by atoms with Gasteiger partial charge in [0, 0.05) is 10.8 Å². The smallest absolute Gasteiger partial charge is 0.480 e. The summed E-state index contributed by atoms with van der Waals surface area (Å²) < 4.78 is 22.4. The van der Waals surface area contributed by atoms with Crippen molar-refractivity contribution in [3.8, 4) is 11.6 Å². The standard InChI is InChI=1S/C14H12N3O4P/c1-20-14-12-8-16-17(13(12)6-7-15-14)9-10-2-4-11(5-3-10)21-22(18)19/h2-8H,9H2,1H3/p+1. The zero-order valence-corrected chi connectivity index (χ0v) is 12.6. The maximum Gasteiger partial charge on any atom is 0.747 e. The molecule has 0 amide bonds. The second kappa shape index (κ2) is 6.09. The van der Waals surface area contributed by atoms with Gasteiger partial charge in [-0.3, -0.25) is 4.68 Å². The molecule has 0 aliphatic rings. The first kappa shape index (κ1) is 14.4. The van der Waals surface area contributed by atoms with Crippen LogP contribution in [0.5, 0.6) is 11.6 Å². The van der Waals surface area contributed by atoms with Crippen LogP contribution in [0.25, 0.3) is 10.9 Å². The maximum absolute atomic E-state index is 10.6. The molecule has 2 heterocycles. The summed E-state index contributed by atoms with van der Waals surface area (Å²) in [7, 11) is -1.07. The summed E-state index contributed by atoms with van der Waals surface area (Å²) in [6.45, 7) is 0.558. The Morgan fingerprint density at radius 3 is 2.73 bits per heavy atom. The molecule has 7 nitrogen and oxygen atoms in total. The van der Waals surface area contributed by atoms with Crippen molar-refractivity contribution in [2.24, 2.45) is 0 Å². The first-order valence-corrected chi connectivity index (χ1v) is 7.58. The van der Waals surface area contributed by atoms with Crippen molar-refractivity contribution in [2.75, 3.05) is 7.11 Å². The minimum absolute atomic E-state index is 0.351. The normalized spacial score (nSPS) is 11.5. The molecule has 1 N–H and O–H groups in total. The number of rotatable bonds is 5. The molecule has 1 atom stereocenters. The monoisotopic (exact) mass is 318 g/mol. The SMILES string of the molecule is COc1nccc2c1cnn2Cc1ccc(O[P+](=O)O)cc1. The Balaban J connectivity index is 1.85. The highest BCUT2D eigenvalue weighted by Crippen LogP contribution is 2.25. The minimum atomic E-state index is -2.64. The fourth-order valence-corrected chi connectivity index (χ4v) is 2.49. The van der Waals surface area contributed by atoms with Gasteiger partial charge in [-0.25, -0.2) is 9.51 Å². The van der Waals surface area contributed by atoms with E-state index >= 15 is 0 Å². The van der Waals surface area contributed by atoms with Gasteiger partial charge in [0.2, 0.25) is 5.88 Å². The molecule has 0 radical (unpaired) electrons. The van der Waals surface area contributed by atoms with Crippen LogP contribution in [0.3, 0.4) is 0 Å². The number of hydrogen-bond acceptors (Lipinski definition) is 5. The van der Waals surface area contributed by atoms with E-state index in [1.165, 1.54) is 0 Å². The van der Waals surface area contributed by atoms with Gasteiger partial charge >= 0.3 is 8.25 Å². The van der Waals surface area contributed by atoms with E-state index in [1.54, 1.807) is 31.6 Å². The molecular weight excluding hydrogens is 305 g/mol. The van der Waals surface area contributed by atoms with Gasteiger partial charge in [0.1, 0.15) is 0 Å². The van der Waals surface area contributed by atoms with Crippen LogP contribution in [0.15, 0.2) is 42.7 Å². The third kappa shape index (κ3) is 2.90. The first-order valence-electron chi connectivity index (χ1n) is 6.45. The second-order valence-corrected chi connectivity index (χ2v) is 5.19. The Morgan fingerprint density at radius 1 is 1.27 bits per heavy atom. The molecule has 0 aliphatic heterocycles. The number of pyridine rings is 1. The van der Waals surface area contributed by atoms with Crippen LogP contribution >= 0.6 is 8.25 Å². The zero-order valence-electron chi connectivity index (χ0n) is 11.7. The van der Waals surface area contributed by atoms with E-state index in [2.05, 4.69) is 10.1 Å². The molecule has 0 aliphatic carbocycles. The van der Waals surface area contributed by atoms with E-state index in [9.17, 15) is 4.57 Å². The van der Waals surface area contributed by atoms with Crippen molar-refractivity contribution in [1.29, 1.82) is 0 Å². The molecule has 1 unspecified atom stereocenters. The molecule has 3 aromatic rings. The summed E-state index contributed by atoms with van der Waals surface area (Å²) in [4.78, 5) is 12.8. The quantitative estimate of drug-likeness (QED) is 0.727. The van der Waals surface area contributed by atoms with Gasteiger partial charge in [-0.1, -0.05) is 12.1 Å². The summed E-state index contributed by atoms with van der Waals surface area (Å²) >= 11 is 0. The number of ether oxygens (including phenoxy) is 1. The molecule has 112 valence electrons. The van der Waals surface area contributed by atoms with Gasteiger partial charge in [-0.15, -0.1) is 4.89 Å². The molecule has 8 heteroatoms. The van der Waals surface area contributed by atoms with E-state index in [4.69, 9.17) is 14.2 Å². The van der Waals surface area contributed by atoms with E-state index in [-0.39, 0.29) is 0 Å². The highest BCUT2D eigenvalue weighted by Gasteiger charge is 2.14. The Labute approximate surface area is 127 Å². The molecular formula is C14H13N3O4P+. The third-order valence-corrected chi connectivity index (χ3v) is 3.53. The second-order valence-electron chi connectivity index (χ2n) is 4.53. The average molecular weight is 318 g/mol. The van der Waals surface area contributed by atoms with Gasteiger partial charge in [-0.05, 0) is 23.8 Å².